The maximum Gasteiger partial charge on any atom is 0.314 e. The highest BCUT2D eigenvalue weighted by Crippen LogP contribution is 2.34. The van der Waals surface area contributed by atoms with E-state index in [-0.39, 0.29) is 5.91 Å². The number of rotatable bonds is 2. The van der Waals surface area contributed by atoms with Crippen LogP contribution in [-0.4, -0.2) is 20.3 Å². The van der Waals surface area contributed by atoms with Gasteiger partial charge in [-0.1, -0.05) is 37.5 Å². The van der Waals surface area contributed by atoms with Crippen LogP contribution in [0, 0.1) is 4.91 Å². The van der Waals surface area contributed by atoms with Gasteiger partial charge in [-0.15, -0.1) is 0 Å². The van der Waals surface area contributed by atoms with E-state index < -0.39 is 6.17 Å². The lowest BCUT2D eigenvalue weighted by molar-refractivity contribution is -0.655. The Morgan fingerprint density at radius 2 is 2.08 bits per heavy atom. The summed E-state index contributed by atoms with van der Waals surface area (Å²) >= 11 is 0. The van der Waals surface area contributed by atoms with E-state index in [0.717, 1.165) is 21.9 Å². The molecule has 1 atom stereocenters. The van der Waals surface area contributed by atoms with E-state index in [1.54, 1.807) is 0 Å². The highest BCUT2D eigenvalue weighted by molar-refractivity contribution is 6.06. The van der Waals surface area contributed by atoms with Crippen LogP contribution in [-0.2, 0) is 4.79 Å². The molecule has 3 heterocycles. The molecule has 4 rings (SSSR count). The molecule has 1 aromatic carbocycles. The Morgan fingerprint density at radius 3 is 2.83 bits per heavy atom. The third kappa shape index (κ3) is 2.18. The van der Waals surface area contributed by atoms with E-state index in [1.807, 2.05) is 29.0 Å². The summed E-state index contributed by atoms with van der Waals surface area (Å²) in [6, 6.07) is 10.2. The van der Waals surface area contributed by atoms with Crippen LogP contribution >= 0.6 is 0 Å². The molecule has 0 saturated carbocycles. The van der Waals surface area contributed by atoms with Gasteiger partial charge in [0.25, 0.3) is 5.91 Å². The topological polar surface area (TPSA) is 67.0 Å². The van der Waals surface area contributed by atoms with Gasteiger partial charge in [-0.2, -0.15) is 0 Å². The van der Waals surface area contributed by atoms with Gasteiger partial charge in [0.1, 0.15) is 10.5 Å². The van der Waals surface area contributed by atoms with Crippen molar-refractivity contribution in [3.8, 4) is 0 Å². The summed E-state index contributed by atoms with van der Waals surface area (Å²) in [5, 5.41) is 2.12. The van der Waals surface area contributed by atoms with Crippen molar-refractivity contribution in [2.45, 2.75) is 38.8 Å². The van der Waals surface area contributed by atoms with Crippen molar-refractivity contribution < 1.29 is 9.66 Å². The molecule has 1 amide bonds. The van der Waals surface area contributed by atoms with Gasteiger partial charge in [0.15, 0.2) is 0 Å². The van der Waals surface area contributed by atoms with Crippen LogP contribution < -0.4 is 5.43 Å². The largest absolute Gasteiger partial charge is 0.314 e. The summed E-state index contributed by atoms with van der Waals surface area (Å²) < 4.78 is 1.95. The van der Waals surface area contributed by atoms with E-state index in [9.17, 15) is 9.70 Å². The van der Waals surface area contributed by atoms with E-state index in [4.69, 9.17) is 0 Å². The van der Waals surface area contributed by atoms with Crippen LogP contribution in [0.5, 0.6) is 0 Å². The molecule has 6 nitrogen and oxygen atoms in total. The smallest absolute Gasteiger partial charge is 0.269 e. The molecular formula is C18H19N4O2+. The summed E-state index contributed by atoms with van der Waals surface area (Å²) in [6.07, 6.45) is 2.19. The molecule has 3 aromatic rings. The second kappa shape index (κ2) is 5.40. The van der Waals surface area contributed by atoms with Gasteiger partial charge in [0.2, 0.25) is 0 Å². The van der Waals surface area contributed by atoms with Crippen LogP contribution in [0.25, 0.3) is 21.9 Å². The Balaban J connectivity index is 1.99. The van der Waals surface area contributed by atoms with Crippen LogP contribution in [0.4, 0.5) is 0 Å². The van der Waals surface area contributed by atoms with Gasteiger partial charge >= 0.3 is 6.17 Å². The quantitative estimate of drug-likeness (QED) is 0.735. The maximum absolute atomic E-state index is 12.3. The fourth-order valence-electron chi connectivity index (χ4n) is 3.37. The first-order chi connectivity index (χ1) is 11.6. The average molecular weight is 323 g/mol. The molecule has 0 bridgehead atoms. The lowest BCUT2D eigenvalue weighted by Gasteiger charge is -2.16. The number of hydrogen-bond donors (Lipinski definition) is 1. The van der Waals surface area contributed by atoms with Crippen molar-refractivity contribution in [3.05, 3.63) is 47.0 Å². The molecule has 1 N–H and O–H groups in total. The number of amides is 1. The number of hydrogen-bond acceptors (Lipinski definition) is 3. The van der Waals surface area contributed by atoms with Crippen molar-refractivity contribution in [2.24, 2.45) is 0 Å². The molecule has 0 radical (unpaired) electrons. The van der Waals surface area contributed by atoms with Crippen molar-refractivity contribution >= 4 is 27.8 Å². The third-order valence-corrected chi connectivity index (χ3v) is 4.67. The minimum absolute atomic E-state index is 0.239. The number of nitroso groups, excluding NO2 is 1. The fourth-order valence-corrected chi connectivity index (χ4v) is 3.37. The first-order valence-electron chi connectivity index (χ1n) is 8.20. The second-order valence-electron chi connectivity index (χ2n) is 6.56. The maximum atomic E-state index is 12.3. The summed E-state index contributed by atoms with van der Waals surface area (Å²) in [5.74, 6) is 0.144. The predicted molar refractivity (Wildman–Crippen MR) is 91.4 cm³/mol. The Morgan fingerprint density at radius 1 is 1.29 bits per heavy atom. The van der Waals surface area contributed by atoms with Crippen LogP contribution in [0.1, 0.15) is 44.3 Å². The zero-order valence-corrected chi connectivity index (χ0v) is 13.7. The number of para-hydroxylation sites is 1. The molecule has 6 heteroatoms. The highest BCUT2D eigenvalue weighted by atomic mass is 16.3. The number of aromatic nitrogens is 2. The summed E-state index contributed by atoms with van der Waals surface area (Å²) in [7, 11) is 0. The standard InChI is InChI=1S/C18H18N4O2/c1-11(2)12-9-14-13-5-3-4-6-15(13)21(18(14)19-10-12)17-8-7-16(23)20-22(17)24/h3-6,9-11,17H,7-8H2,1-2H3/p+1. The number of fused-ring (bicyclic) bond motifs is 3. The highest BCUT2D eigenvalue weighted by Gasteiger charge is 2.37. The Hall–Kier alpha value is -2.76. The summed E-state index contributed by atoms with van der Waals surface area (Å²) in [6.45, 7) is 4.27. The number of benzene rings is 1. The van der Waals surface area contributed by atoms with Gasteiger partial charge in [-0.05, 0) is 23.6 Å². The number of nitrogens with one attached hydrogen (secondary N) is 1. The van der Waals surface area contributed by atoms with E-state index in [2.05, 4.69) is 36.4 Å². The SMILES string of the molecule is CC(C)c1cnc2c(c1)c1ccccc1n2C1CCC(=O)N[N+]1=O. The number of hydrazine groups is 1. The Kier molecular flexibility index (Phi) is 3.33. The normalized spacial score (nSPS) is 18.5. The van der Waals surface area contributed by atoms with Crippen molar-refractivity contribution in [3.63, 3.8) is 0 Å². The van der Waals surface area contributed by atoms with Crippen LogP contribution in [0.15, 0.2) is 36.5 Å². The van der Waals surface area contributed by atoms with Crippen LogP contribution in [0.3, 0.4) is 0 Å². The monoisotopic (exact) mass is 323 g/mol. The first kappa shape index (κ1) is 14.8. The number of nitrogens with zero attached hydrogens (tertiary/aromatic N) is 3. The molecule has 1 saturated heterocycles. The zero-order chi connectivity index (χ0) is 16.8. The Bertz CT molecular complexity index is 974. The van der Waals surface area contributed by atoms with E-state index in [1.165, 1.54) is 5.56 Å². The van der Waals surface area contributed by atoms with E-state index >= 15 is 0 Å². The van der Waals surface area contributed by atoms with Gasteiger partial charge in [0.05, 0.1) is 10.4 Å². The van der Waals surface area contributed by atoms with Crippen molar-refractivity contribution in [1.29, 1.82) is 0 Å². The molecule has 1 unspecified atom stereocenters. The van der Waals surface area contributed by atoms with E-state index in [0.29, 0.717) is 23.6 Å². The second-order valence-corrected chi connectivity index (χ2v) is 6.56. The lowest BCUT2D eigenvalue weighted by atomic mass is 10.0. The minimum atomic E-state index is -0.484. The minimum Gasteiger partial charge on any atom is -0.269 e. The molecule has 24 heavy (non-hydrogen) atoms. The molecule has 1 fully saturated rings. The zero-order valence-electron chi connectivity index (χ0n) is 13.7. The van der Waals surface area contributed by atoms with Gasteiger partial charge in [-0.3, -0.25) is 9.36 Å². The molecule has 122 valence electrons. The molecule has 2 aromatic heterocycles. The summed E-state index contributed by atoms with van der Waals surface area (Å²) in [4.78, 5) is 29.1. The van der Waals surface area contributed by atoms with Crippen molar-refractivity contribution in [2.75, 3.05) is 0 Å². The fraction of sp³-hybridized carbons (Fsp3) is 0.333. The Labute approximate surface area is 139 Å². The molecule has 0 spiro atoms. The predicted octanol–water partition coefficient (Wildman–Crippen LogP) is 3.42. The number of carbonyl (C=O) groups is 1. The average Bonchev–Trinajstić information content (AvgIpc) is 2.89. The number of pyridine rings is 1. The van der Waals surface area contributed by atoms with Gasteiger partial charge in [-0.25, -0.2) is 4.98 Å². The molecule has 1 aliphatic heterocycles. The lowest BCUT2D eigenvalue weighted by Crippen LogP contribution is -2.42. The van der Waals surface area contributed by atoms with Crippen LogP contribution in [0.2, 0.25) is 0 Å². The molecule has 0 aliphatic carbocycles. The third-order valence-electron chi connectivity index (χ3n) is 4.67. The molecular weight excluding hydrogens is 304 g/mol. The van der Waals surface area contributed by atoms with Gasteiger partial charge in [0, 0.05) is 29.8 Å². The molecule has 1 aliphatic rings. The number of carbonyl (C=O) groups excluding carboxylic acids is 1. The summed E-state index contributed by atoms with van der Waals surface area (Å²) in [5.41, 5.74) is 5.28. The van der Waals surface area contributed by atoms with Gasteiger partial charge < -0.3 is 0 Å². The van der Waals surface area contributed by atoms with Crippen molar-refractivity contribution in [1.82, 2.24) is 15.0 Å². The first-order valence-corrected chi connectivity index (χ1v) is 8.20.